The molecule has 1 aliphatic heterocycles. The molecule has 12 heteroatoms. The normalized spacial score (nSPS) is 15.1. The lowest BCUT2D eigenvalue weighted by Gasteiger charge is -2.36. The highest BCUT2D eigenvalue weighted by molar-refractivity contribution is 6.33. The molecule has 8 nitrogen and oxygen atoms in total. The third-order valence-corrected chi connectivity index (χ3v) is 6.91. The highest BCUT2D eigenvalue weighted by atomic mass is 35.5. The van der Waals surface area contributed by atoms with Crippen LogP contribution in [-0.2, 0) is 6.18 Å². The molecule has 4 aromatic rings. The molecule has 0 spiro atoms. The van der Waals surface area contributed by atoms with Gasteiger partial charge in [0.2, 0.25) is 5.89 Å². The lowest BCUT2D eigenvalue weighted by atomic mass is 10.1. The van der Waals surface area contributed by atoms with E-state index in [4.69, 9.17) is 26.5 Å². The standard InChI is InChI=1S/C27H25ClF3N5O3/c1-15(32)24-23(26(37)36-13-11-35(12-14-36)19-6-4-3-5-18(19)28)34-25(39-24)17-7-9-20(38-2)22-16(17)8-10-21(33-22)27(29,30)31/h3-10,15H,11-14,32H2,1-2H3/t15-/m0/s1. The SMILES string of the molecule is COc1ccc(-c2nc(C(=O)N3CCN(c4ccccc4Cl)CC3)c([C@H](C)N)o2)c2ccc(C(F)(F)F)nc12. The van der Waals surface area contributed by atoms with E-state index >= 15 is 0 Å². The molecule has 2 N–H and O–H groups in total. The summed E-state index contributed by atoms with van der Waals surface area (Å²) in [6, 6.07) is 12.1. The Bertz CT molecular complexity index is 1530. The summed E-state index contributed by atoms with van der Waals surface area (Å²) in [6.45, 7) is 3.67. The van der Waals surface area contributed by atoms with Gasteiger partial charge in [0, 0.05) is 37.1 Å². The molecule has 1 amide bonds. The lowest BCUT2D eigenvalue weighted by Crippen LogP contribution is -2.49. The molecular formula is C27H25ClF3N5O3. The Morgan fingerprint density at radius 2 is 1.79 bits per heavy atom. The number of oxazole rings is 1. The maximum atomic E-state index is 13.5. The molecular weight excluding hydrogens is 535 g/mol. The molecule has 1 aliphatic rings. The highest BCUT2D eigenvalue weighted by Crippen LogP contribution is 2.37. The van der Waals surface area contributed by atoms with Crippen LogP contribution in [0.2, 0.25) is 5.02 Å². The van der Waals surface area contributed by atoms with E-state index in [-0.39, 0.29) is 34.5 Å². The molecule has 1 saturated heterocycles. The zero-order valence-electron chi connectivity index (χ0n) is 21.1. The van der Waals surface area contributed by atoms with Crippen molar-refractivity contribution in [3.63, 3.8) is 0 Å². The number of aromatic nitrogens is 2. The number of fused-ring (bicyclic) bond motifs is 1. The van der Waals surface area contributed by atoms with Gasteiger partial charge in [-0.3, -0.25) is 4.79 Å². The maximum absolute atomic E-state index is 13.5. The minimum atomic E-state index is -4.63. The van der Waals surface area contributed by atoms with Crippen molar-refractivity contribution in [2.24, 2.45) is 5.73 Å². The number of anilines is 1. The molecule has 0 aliphatic carbocycles. The number of hydrogen-bond donors (Lipinski definition) is 1. The first-order valence-corrected chi connectivity index (χ1v) is 12.6. The van der Waals surface area contributed by atoms with Crippen LogP contribution in [-0.4, -0.2) is 54.1 Å². The van der Waals surface area contributed by atoms with E-state index in [1.54, 1.807) is 17.9 Å². The van der Waals surface area contributed by atoms with E-state index < -0.39 is 17.9 Å². The van der Waals surface area contributed by atoms with Crippen LogP contribution >= 0.6 is 11.6 Å². The lowest BCUT2D eigenvalue weighted by molar-refractivity contribution is -0.140. The first-order valence-electron chi connectivity index (χ1n) is 12.2. The van der Waals surface area contributed by atoms with Gasteiger partial charge in [-0.15, -0.1) is 0 Å². The fourth-order valence-electron chi connectivity index (χ4n) is 4.62. The second-order valence-corrected chi connectivity index (χ2v) is 9.56. The number of carbonyl (C=O) groups is 1. The van der Waals surface area contributed by atoms with E-state index in [9.17, 15) is 18.0 Å². The van der Waals surface area contributed by atoms with Crippen LogP contribution < -0.4 is 15.4 Å². The zero-order chi connectivity index (χ0) is 27.9. The maximum Gasteiger partial charge on any atom is 0.433 e. The molecule has 0 radical (unpaired) electrons. The molecule has 1 fully saturated rings. The van der Waals surface area contributed by atoms with Crippen molar-refractivity contribution in [3.05, 3.63) is 70.7 Å². The smallest absolute Gasteiger partial charge is 0.433 e. The molecule has 5 rings (SSSR count). The quantitative estimate of drug-likeness (QED) is 0.342. The third-order valence-electron chi connectivity index (χ3n) is 6.59. The number of hydrogen-bond acceptors (Lipinski definition) is 7. The van der Waals surface area contributed by atoms with Crippen LogP contribution in [0.3, 0.4) is 0 Å². The number of halogens is 4. The van der Waals surface area contributed by atoms with Crippen molar-refractivity contribution in [1.82, 2.24) is 14.9 Å². The number of nitrogens with zero attached hydrogens (tertiary/aromatic N) is 4. The Balaban J connectivity index is 1.47. The van der Waals surface area contributed by atoms with Crippen LogP contribution in [0, 0.1) is 0 Å². The van der Waals surface area contributed by atoms with Gasteiger partial charge in [0.1, 0.15) is 17.0 Å². The first-order chi connectivity index (χ1) is 18.6. The second-order valence-electron chi connectivity index (χ2n) is 9.16. The summed E-state index contributed by atoms with van der Waals surface area (Å²) in [7, 11) is 1.35. The summed E-state index contributed by atoms with van der Waals surface area (Å²) >= 11 is 6.33. The van der Waals surface area contributed by atoms with E-state index in [0.29, 0.717) is 42.2 Å². The number of nitrogens with two attached hydrogens (primary N) is 1. The van der Waals surface area contributed by atoms with E-state index in [2.05, 4.69) is 14.9 Å². The average molecular weight is 560 g/mol. The van der Waals surface area contributed by atoms with Crippen LogP contribution in [0.25, 0.3) is 22.4 Å². The van der Waals surface area contributed by atoms with Crippen molar-refractivity contribution in [1.29, 1.82) is 0 Å². The second kappa shape index (κ2) is 10.4. The number of ether oxygens (including phenoxy) is 1. The molecule has 2 aromatic heterocycles. The number of amides is 1. The van der Waals surface area contributed by atoms with Crippen molar-refractivity contribution in [2.45, 2.75) is 19.1 Å². The van der Waals surface area contributed by atoms with Gasteiger partial charge in [0.25, 0.3) is 5.91 Å². The summed E-state index contributed by atoms with van der Waals surface area (Å²) in [6.07, 6.45) is -4.63. The van der Waals surface area contributed by atoms with Crippen LogP contribution in [0.5, 0.6) is 5.75 Å². The van der Waals surface area contributed by atoms with E-state index in [0.717, 1.165) is 11.8 Å². The minimum absolute atomic E-state index is 0.00561. The number of rotatable bonds is 5. The third kappa shape index (κ3) is 5.11. The molecule has 39 heavy (non-hydrogen) atoms. The number of alkyl halides is 3. The molecule has 1 atom stereocenters. The van der Waals surface area contributed by atoms with Gasteiger partial charge in [-0.1, -0.05) is 23.7 Å². The number of carbonyl (C=O) groups excluding carboxylic acids is 1. The summed E-state index contributed by atoms with van der Waals surface area (Å²) in [5.41, 5.74) is 6.39. The first kappa shape index (κ1) is 26.8. The monoisotopic (exact) mass is 559 g/mol. The summed E-state index contributed by atoms with van der Waals surface area (Å²) < 4.78 is 51.2. The molecule has 0 saturated carbocycles. The van der Waals surface area contributed by atoms with Crippen molar-refractivity contribution in [3.8, 4) is 17.2 Å². The Hall–Kier alpha value is -3.83. The molecule has 2 aromatic carbocycles. The molecule has 204 valence electrons. The number of para-hydroxylation sites is 1. The van der Waals surface area contributed by atoms with Crippen molar-refractivity contribution < 1.29 is 27.1 Å². The van der Waals surface area contributed by atoms with Gasteiger partial charge in [0.05, 0.1) is 23.9 Å². The van der Waals surface area contributed by atoms with Crippen LogP contribution in [0.15, 0.2) is 52.9 Å². The Labute approximate surface area is 227 Å². The van der Waals surface area contributed by atoms with Gasteiger partial charge < -0.3 is 24.7 Å². The number of piperazine rings is 1. The van der Waals surface area contributed by atoms with E-state index in [1.807, 2.05) is 24.3 Å². The summed E-state index contributed by atoms with van der Waals surface area (Å²) in [5.74, 6) is 0.0554. The predicted molar refractivity (Wildman–Crippen MR) is 141 cm³/mol. The number of methoxy groups -OCH3 is 1. The van der Waals surface area contributed by atoms with E-state index in [1.165, 1.54) is 19.2 Å². The van der Waals surface area contributed by atoms with Gasteiger partial charge in [-0.25, -0.2) is 9.97 Å². The van der Waals surface area contributed by atoms with Gasteiger partial charge in [0.15, 0.2) is 11.5 Å². The predicted octanol–water partition coefficient (Wildman–Crippen LogP) is 5.55. The fraction of sp³-hybridized carbons (Fsp3) is 0.296. The Morgan fingerprint density at radius 3 is 2.44 bits per heavy atom. The molecule has 0 bridgehead atoms. The van der Waals surface area contributed by atoms with Gasteiger partial charge in [-0.05, 0) is 43.3 Å². The average Bonchev–Trinajstić information content (AvgIpc) is 3.37. The highest BCUT2D eigenvalue weighted by Gasteiger charge is 2.34. The zero-order valence-corrected chi connectivity index (χ0v) is 21.9. The largest absolute Gasteiger partial charge is 0.494 e. The molecule has 3 heterocycles. The fourth-order valence-corrected chi connectivity index (χ4v) is 4.87. The Morgan fingerprint density at radius 1 is 1.08 bits per heavy atom. The van der Waals surface area contributed by atoms with Crippen LogP contribution in [0.1, 0.15) is 34.9 Å². The van der Waals surface area contributed by atoms with Crippen LogP contribution in [0.4, 0.5) is 18.9 Å². The van der Waals surface area contributed by atoms with Gasteiger partial charge in [-0.2, -0.15) is 13.2 Å². The van der Waals surface area contributed by atoms with Crippen molar-refractivity contribution in [2.75, 3.05) is 38.2 Å². The van der Waals surface area contributed by atoms with Gasteiger partial charge >= 0.3 is 6.18 Å². The Kier molecular flexibility index (Phi) is 7.13. The number of pyridine rings is 1. The topological polar surface area (TPSA) is 97.7 Å². The molecule has 0 unspecified atom stereocenters. The minimum Gasteiger partial charge on any atom is -0.494 e. The summed E-state index contributed by atoms with van der Waals surface area (Å²) in [4.78, 5) is 25.6. The number of benzene rings is 2. The van der Waals surface area contributed by atoms with Crippen molar-refractivity contribution >= 4 is 34.1 Å². The summed E-state index contributed by atoms with van der Waals surface area (Å²) in [5, 5.41) is 0.966.